The Morgan fingerprint density at radius 3 is 2.62 bits per heavy atom. The second-order valence-corrected chi connectivity index (χ2v) is 11.5. The number of aromatic hydroxyl groups is 1. The predicted molar refractivity (Wildman–Crippen MR) is 161 cm³/mol. The van der Waals surface area contributed by atoms with E-state index in [1.807, 2.05) is 24.3 Å². The quantitative estimate of drug-likeness (QED) is 0.337. The summed E-state index contributed by atoms with van der Waals surface area (Å²) >= 11 is 0. The van der Waals surface area contributed by atoms with E-state index in [1.54, 1.807) is 12.1 Å². The third-order valence-corrected chi connectivity index (χ3v) is 8.62. The average molecular weight is 541 g/mol. The van der Waals surface area contributed by atoms with Crippen molar-refractivity contribution in [2.45, 2.75) is 58.2 Å². The largest absolute Gasteiger partial charge is 0.508 e. The van der Waals surface area contributed by atoms with Crippen LogP contribution in [0.3, 0.4) is 0 Å². The van der Waals surface area contributed by atoms with Crippen LogP contribution in [0, 0.1) is 0 Å². The van der Waals surface area contributed by atoms with Crippen LogP contribution in [0.5, 0.6) is 11.8 Å². The van der Waals surface area contributed by atoms with E-state index in [1.165, 1.54) is 6.42 Å². The predicted octanol–water partition coefficient (Wildman–Crippen LogP) is 5.33. The molecule has 0 bridgehead atoms. The number of piperazine rings is 1. The number of phenolic OH excluding ortho intramolecular Hbond substituents is 1. The average Bonchev–Trinajstić information content (AvgIpc) is 3.37. The van der Waals surface area contributed by atoms with Crippen molar-refractivity contribution in [3.05, 3.63) is 48.5 Å². The SMILES string of the molecule is CCCN1CC(C)N(c2nc(OC[C@@H]3CCCN3C)nc3nc(-c4cc(O)cc5ccccc45)ccc23)C[C@@H]1C. The van der Waals surface area contributed by atoms with Crippen molar-refractivity contribution in [3.8, 4) is 23.0 Å². The van der Waals surface area contributed by atoms with Gasteiger partial charge in [-0.1, -0.05) is 31.2 Å². The van der Waals surface area contributed by atoms with Gasteiger partial charge < -0.3 is 19.6 Å². The molecule has 1 unspecified atom stereocenters. The van der Waals surface area contributed by atoms with E-state index in [4.69, 9.17) is 19.7 Å². The van der Waals surface area contributed by atoms with Crippen molar-refractivity contribution in [2.75, 3.05) is 44.7 Å². The zero-order chi connectivity index (χ0) is 27.8. The smallest absolute Gasteiger partial charge is 0.320 e. The van der Waals surface area contributed by atoms with E-state index in [0.717, 1.165) is 72.3 Å². The summed E-state index contributed by atoms with van der Waals surface area (Å²) in [7, 11) is 2.15. The summed E-state index contributed by atoms with van der Waals surface area (Å²) in [4.78, 5) is 22.2. The monoisotopic (exact) mass is 540 g/mol. The first-order valence-electron chi connectivity index (χ1n) is 14.7. The van der Waals surface area contributed by atoms with Gasteiger partial charge in [-0.15, -0.1) is 0 Å². The number of ether oxygens (including phenoxy) is 1. The van der Waals surface area contributed by atoms with Gasteiger partial charge in [0.25, 0.3) is 0 Å². The van der Waals surface area contributed by atoms with E-state index in [9.17, 15) is 5.11 Å². The normalized spacial score (nSPS) is 22.4. The fourth-order valence-corrected chi connectivity index (χ4v) is 6.37. The summed E-state index contributed by atoms with van der Waals surface area (Å²) in [6.45, 7) is 11.5. The Morgan fingerprint density at radius 2 is 1.82 bits per heavy atom. The van der Waals surface area contributed by atoms with E-state index < -0.39 is 0 Å². The number of hydrogen-bond acceptors (Lipinski definition) is 8. The minimum absolute atomic E-state index is 0.219. The number of nitrogens with zero attached hydrogens (tertiary/aromatic N) is 6. The Balaban J connectivity index is 1.43. The Morgan fingerprint density at radius 1 is 0.975 bits per heavy atom. The van der Waals surface area contributed by atoms with Crippen molar-refractivity contribution < 1.29 is 9.84 Å². The Hall–Kier alpha value is -3.49. The molecule has 3 atom stereocenters. The molecule has 2 aromatic heterocycles. The molecule has 0 saturated carbocycles. The highest BCUT2D eigenvalue weighted by Gasteiger charge is 2.31. The number of benzene rings is 2. The zero-order valence-electron chi connectivity index (χ0n) is 24.0. The lowest BCUT2D eigenvalue weighted by Crippen LogP contribution is -2.56. The summed E-state index contributed by atoms with van der Waals surface area (Å²) in [6, 6.07) is 17.2. The van der Waals surface area contributed by atoms with Crippen molar-refractivity contribution >= 4 is 27.6 Å². The first-order valence-corrected chi connectivity index (χ1v) is 14.7. The molecular weight excluding hydrogens is 500 g/mol. The first-order chi connectivity index (χ1) is 19.4. The van der Waals surface area contributed by atoms with Gasteiger partial charge in [0, 0.05) is 36.8 Å². The van der Waals surface area contributed by atoms with Crippen molar-refractivity contribution in [1.82, 2.24) is 24.8 Å². The van der Waals surface area contributed by atoms with Crippen LogP contribution in [-0.2, 0) is 0 Å². The fraction of sp³-hybridized carbons (Fsp3) is 0.469. The third-order valence-electron chi connectivity index (χ3n) is 8.62. The van der Waals surface area contributed by atoms with Gasteiger partial charge in [0.1, 0.15) is 18.2 Å². The van der Waals surface area contributed by atoms with Crippen molar-refractivity contribution in [1.29, 1.82) is 0 Å². The molecule has 4 aromatic rings. The highest BCUT2D eigenvalue weighted by molar-refractivity contribution is 5.98. The highest BCUT2D eigenvalue weighted by Crippen LogP contribution is 2.35. The van der Waals surface area contributed by atoms with Crippen LogP contribution in [-0.4, -0.2) is 87.8 Å². The van der Waals surface area contributed by atoms with Crippen LogP contribution in [0.4, 0.5) is 5.82 Å². The maximum Gasteiger partial charge on any atom is 0.320 e. The summed E-state index contributed by atoms with van der Waals surface area (Å²) < 4.78 is 6.28. The maximum absolute atomic E-state index is 10.5. The third kappa shape index (κ3) is 5.18. The fourth-order valence-electron chi connectivity index (χ4n) is 6.37. The lowest BCUT2D eigenvalue weighted by molar-refractivity contribution is 0.165. The molecule has 0 aliphatic carbocycles. The zero-order valence-corrected chi connectivity index (χ0v) is 24.0. The van der Waals surface area contributed by atoms with E-state index >= 15 is 0 Å². The molecule has 6 rings (SSSR count). The standard InChI is InChI=1S/C32H40N6O2/c1-5-14-37-18-22(3)38(19-21(37)2)31-27-12-13-29(28-17-25(39)16-23-9-6-7-11-26(23)28)33-30(27)34-32(35-31)40-20-24-10-8-15-36(24)4/h6-7,9,11-13,16-17,21-22,24,39H,5,8,10,14-15,18-20H2,1-4H3/t21-,22?,24-/m0/s1. The Labute approximate surface area is 236 Å². The first kappa shape index (κ1) is 26.7. The van der Waals surface area contributed by atoms with Gasteiger partial charge in [-0.25, -0.2) is 4.98 Å². The molecule has 0 radical (unpaired) electrons. The van der Waals surface area contributed by atoms with Gasteiger partial charge in [0.2, 0.25) is 0 Å². The number of likely N-dealkylation sites (tertiary alicyclic amines) is 1. The van der Waals surface area contributed by atoms with Crippen LogP contribution in [0.15, 0.2) is 48.5 Å². The number of phenols is 1. The summed E-state index contributed by atoms with van der Waals surface area (Å²) in [5.74, 6) is 1.10. The molecule has 2 aromatic carbocycles. The van der Waals surface area contributed by atoms with Gasteiger partial charge in [-0.2, -0.15) is 9.97 Å². The maximum atomic E-state index is 10.5. The van der Waals surface area contributed by atoms with Crippen LogP contribution in [0.2, 0.25) is 0 Å². The molecule has 1 N–H and O–H groups in total. The Bertz CT molecular complexity index is 1510. The van der Waals surface area contributed by atoms with Crippen molar-refractivity contribution in [3.63, 3.8) is 0 Å². The van der Waals surface area contributed by atoms with Gasteiger partial charge >= 0.3 is 6.01 Å². The topological polar surface area (TPSA) is 77.9 Å². The van der Waals surface area contributed by atoms with Crippen LogP contribution < -0.4 is 9.64 Å². The molecule has 0 spiro atoms. The van der Waals surface area contributed by atoms with E-state index in [0.29, 0.717) is 36.4 Å². The summed E-state index contributed by atoms with van der Waals surface area (Å²) in [5.41, 5.74) is 2.25. The number of anilines is 1. The molecule has 8 heteroatoms. The number of rotatable bonds is 7. The minimum Gasteiger partial charge on any atom is -0.508 e. The molecule has 40 heavy (non-hydrogen) atoms. The van der Waals surface area contributed by atoms with Gasteiger partial charge in [-0.3, -0.25) is 4.90 Å². The summed E-state index contributed by atoms with van der Waals surface area (Å²) in [6.07, 6.45) is 3.46. The lowest BCUT2D eigenvalue weighted by atomic mass is 10.0. The molecule has 2 fully saturated rings. The van der Waals surface area contributed by atoms with Crippen LogP contribution >= 0.6 is 0 Å². The lowest BCUT2D eigenvalue weighted by Gasteiger charge is -2.45. The highest BCUT2D eigenvalue weighted by atomic mass is 16.5. The molecular formula is C32H40N6O2. The number of likely N-dealkylation sites (N-methyl/N-ethyl adjacent to an activating group) is 1. The van der Waals surface area contributed by atoms with E-state index in [-0.39, 0.29) is 5.75 Å². The van der Waals surface area contributed by atoms with E-state index in [2.05, 4.69) is 54.7 Å². The number of hydrogen-bond donors (Lipinski definition) is 1. The molecule has 8 nitrogen and oxygen atoms in total. The van der Waals surface area contributed by atoms with Gasteiger partial charge in [0.05, 0.1) is 11.1 Å². The van der Waals surface area contributed by atoms with Crippen LogP contribution in [0.1, 0.15) is 40.0 Å². The second-order valence-electron chi connectivity index (χ2n) is 11.5. The number of fused-ring (bicyclic) bond motifs is 2. The number of pyridine rings is 1. The molecule has 2 aliphatic heterocycles. The minimum atomic E-state index is 0.219. The van der Waals surface area contributed by atoms with Gasteiger partial charge in [0.15, 0.2) is 5.65 Å². The molecule has 2 saturated heterocycles. The van der Waals surface area contributed by atoms with Crippen molar-refractivity contribution in [2.24, 2.45) is 0 Å². The summed E-state index contributed by atoms with van der Waals surface area (Å²) in [5, 5.41) is 13.4. The molecule has 210 valence electrons. The Kier molecular flexibility index (Phi) is 7.47. The molecule has 4 heterocycles. The number of aromatic nitrogens is 3. The van der Waals surface area contributed by atoms with Gasteiger partial charge in [-0.05, 0) is 88.3 Å². The molecule has 0 amide bonds. The van der Waals surface area contributed by atoms with Crippen LogP contribution in [0.25, 0.3) is 33.1 Å². The second kappa shape index (κ2) is 11.2. The molecule has 2 aliphatic rings.